The lowest BCUT2D eigenvalue weighted by atomic mass is 10.1. The Morgan fingerprint density at radius 1 is 1.42 bits per heavy atom. The van der Waals surface area contributed by atoms with Crippen molar-refractivity contribution in [3.63, 3.8) is 0 Å². The highest BCUT2D eigenvalue weighted by molar-refractivity contribution is 9.10. The summed E-state index contributed by atoms with van der Waals surface area (Å²) < 4.78 is 2.49. The monoisotopic (exact) mass is 321 g/mol. The Balaban J connectivity index is 2.12. The molecule has 1 atom stereocenters. The van der Waals surface area contributed by atoms with E-state index in [0.29, 0.717) is 0 Å². The number of aryl methyl sites for hydroxylation is 2. The van der Waals surface area contributed by atoms with Gasteiger partial charge >= 0.3 is 0 Å². The summed E-state index contributed by atoms with van der Waals surface area (Å²) in [7, 11) is 0. The van der Waals surface area contributed by atoms with Crippen LogP contribution in [0.2, 0.25) is 0 Å². The van der Waals surface area contributed by atoms with Crippen LogP contribution in [-0.4, -0.2) is 15.7 Å². The molecule has 0 aliphatic rings. The first kappa shape index (κ1) is 13.8. The minimum Gasteiger partial charge on any atom is -0.324 e. The SMILES string of the molecule is Cc1ccc(NC(=O)C(C)n2cc(Br)cn2)c(C)c1. The summed E-state index contributed by atoms with van der Waals surface area (Å²) in [6.07, 6.45) is 3.45. The average molecular weight is 322 g/mol. The third-order valence-electron chi connectivity index (χ3n) is 2.99. The fourth-order valence-electron chi connectivity index (χ4n) is 1.84. The average Bonchev–Trinajstić information content (AvgIpc) is 2.78. The number of hydrogen-bond donors (Lipinski definition) is 1. The molecule has 0 spiro atoms. The summed E-state index contributed by atoms with van der Waals surface area (Å²) in [5, 5.41) is 7.05. The number of halogens is 1. The van der Waals surface area contributed by atoms with Crippen molar-refractivity contribution < 1.29 is 4.79 Å². The molecule has 2 aromatic rings. The van der Waals surface area contributed by atoms with E-state index in [-0.39, 0.29) is 11.9 Å². The highest BCUT2D eigenvalue weighted by Crippen LogP contribution is 2.18. The third kappa shape index (κ3) is 3.23. The van der Waals surface area contributed by atoms with Crippen LogP contribution >= 0.6 is 15.9 Å². The van der Waals surface area contributed by atoms with Crippen LogP contribution in [0.4, 0.5) is 5.69 Å². The fourth-order valence-corrected chi connectivity index (χ4v) is 2.14. The number of nitrogens with one attached hydrogen (secondary N) is 1. The van der Waals surface area contributed by atoms with E-state index in [1.807, 2.05) is 39.0 Å². The molecule has 1 unspecified atom stereocenters. The van der Waals surface area contributed by atoms with E-state index in [4.69, 9.17) is 0 Å². The second-order valence-corrected chi connectivity index (χ2v) is 5.54. The van der Waals surface area contributed by atoms with Crippen molar-refractivity contribution in [1.82, 2.24) is 9.78 Å². The predicted molar refractivity (Wildman–Crippen MR) is 79.2 cm³/mol. The number of aromatic nitrogens is 2. The van der Waals surface area contributed by atoms with Crippen molar-refractivity contribution in [2.45, 2.75) is 26.8 Å². The molecule has 1 aromatic carbocycles. The van der Waals surface area contributed by atoms with Gasteiger partial charge < -0.3 is 5.32 Å². The summed E-state index contributed by atoms with van der Waals surface area (Å²) in [6, 6.07) is 5.60. The third-order valence-corrected chi connectivity index (χ3v) is 3.40. The van der Waals surface area contributed by atoms with Gasteiger partial charge in [-0.25, -0.2) is 0 Å². The van der Waals surface area contributed by atoms with Gasteiger partial charge in [-0.1, -0.05) is 17.7 Å². The number of rotatable bonds is 3. The summed E-state index contributed by atoms with van der Waals surface area (Å²) in [6.45, 7) is 5.83. The largest absolute Gasteiger partial charge is 0.324 e. The molecular formula is C14H16BrN3O. The fraction of sp³-hybridized carbons (Fsp3) is 0.286. The van der Waals surface area contributed by atoms with Crippen LogP contribution in [0.15, 0.2) is 35.1 Å². The van der Waals surface area contributed by atoms with Gasteiger partial charge in [0.05, 0.1) is 10.7 Å². The zero-order valence-electron chi connectivity index (χ0n) is 11.1. The second kappa shape index (κ2) is 5.57. The molecule has 0 radical (unpaired) electrons. The van der Waals surface area contributed by atoms with E-state index in [2.05, 4.69) is 26.3 Å². The molecule has 4 nitrogen and oxygen atoms in total. The van der Waals surface area contributed by atoms with Gasteiger partial charge in [0, 0.05) is 11.9 Å². The van der Waals surface area contributed by atoms with Crippen LogP contribution in [0, 0.1) is 13.8 Å². The van der Waals surface area contributed by atoms with E-state index in [1.165, 1.54) is 5.56 Å². The number of anilines is 1. The van der Waals surface area contributed by atoms with Crippen molar-refractivity contribution in [1.29, 1.82) is 0 Å². The van der Waals surface area contributed by atoms with Crippen LogP contribution in [0.25, 0.3) is 0 Å². The Morgan fingerprint density at radius 3 is 2.74 bits per heavy atom. The Labute approximate surface area is 120 Å². The van der Waals surface area contributed by atoms with E-state index >= 15 is 0 Å². The minimum absolute atomic E-state index is 0.0810. The molecule has 0 bridgehead atoms. The second-order valence-electron chi connectivity index (χ2n) is 4.62. The van der Waals surface area contributed by atoms with Crippen LogP contribution in [0.1, 0.15) is 24.1 Å². The van der Waals surface area contributed by atoms with Crippen LogP contribution < -0.4 is 5.32 Å². The van der Waals surface area contributed by atoms with Gasteiger partial charge in [-0.15, -0.1) is 0 Å². The van der Waals surface area contributed by atoms with Gasteiger partial charge in [0.1, 0.15) is 6.04 Å². The van der Waals surface area contributed by atoms with Gasteiger partial charge in [-0.05, 0) is 48.3 Å². The lowest BCUT2D eigenvalue weighted by molar-refractivity contribution is -0.119. The minimum atomic E-state index is -0.355. The summed E-state index contributed by atoms with van der Waals surface area (Å²) in [5.41, 5.74) is 3.08. The predicted octanol–water partition coefficient (Wildman–Crippen LogP) is 3.46. The lowest BCUT2D eigenvalue weighted by Gasteiger charge is -2.14. The molecule has 0 saturated carbocycles. The molecular weight excluding hydrogens is 306 g/mol. The highest BCUT2D eigenvalue weighted by atomic mass is 79.9. The Hall–Kier alpha value is -1.62. The van der Waals surface area contributed by atoms with Gasteiger partial charge in [-0.2, -0.15) is 5.10 Å². The number of benzene rings is 1. The first-order valence-corrected chi connectivity index (χ1v) is 6.84. The van der Waals surface area contributed by atoms with E-state index in [0.717, 1.165) is 15.7 Å². The van der Waals surface area contributed by atoms with Crippen LogP contribution in [0.5, 0.6) is 0 Å². The molecule has 100 valence electrons. The Morgan fingerprint density at radius 2 is 2.16 bits per heavy atom. The highest BCUT2D eigenvalue weighted by Gasteiger charge is 2.16. The number of carbonyl (C=O) groups excluding carboxylic acids is 1. The van der Waals surface area contributed by atoms with Gasteiger partial charge in [0.15, 0.2) is 0 Å². The topological polar surface area (TPSA) is 46.9 Å². The van der Waals surface area contributed by atoms with Gasteiger partial charge in [0.25, 0.3) is 0 Å². The van der Waals surface area contributed by atoms with Gasteiger partial charge in [-0.3, -0.25) is 9.48 Å². The number of hydrogen-bond acceptors (Lipinski definition) is 2. The molecule has 1 N–H and O–H groups in total. The summed E-state index contributed by atoms with van der Waals surface area (Å²) >= 11 is 3.32. The number of nitrogens with zero attached hydrogens (tertiary/aromatic N) is 2. The summed E-state index contributed by atoms with van der Waals surface area (Å²) in [5.74, 6) is -0.0810. The maximum Gasteiger partial charge on any atom is 0.248 e. The van der Waals surface area contributed by atoms with Crippen LogP contribution in [0.3, 0.4) is 0 Å². The van der Waals surface area contributed by atoms with Crippen molar-refractivity contribution in [3.8, 4) is 0 Å². The molecule has 0 fully saturated rings. The molecule has 19 heavy (non-hydrogen) atoms. The zero-order chi connectivity index (χ0) is 14.0. The lowest BCUT2D eigenvalue weighted by Crippen LogP contribution is -2.24. The molecule has 1 aromatic heterocycles. The van der Waals surface area contributed by atoms with Crippen LogP contribution in [-0.2, 0) is 4.79 Å². The first-order chi connectivity index (χ1) is 8.97. The van der Waals surface area contributed by atoms with Crippen molar-refractivity contribution in [2.75, 3.05) is 5.32 Å². The molecule has 2 rings (SSSR count). The molecule has 0 aliphatic carbocycles. The van der Waals surface area contributed by atoms with E-state index < -0.39 is 0 Å². The van der Waals surface area contributed by atoms with Gasteiger partial charge in [0.2, 0.25) is 5.91 Å². The summed E-state index contributed by atoms with van der Waals surface area (Å²) in [4.78, 5) is 12.2. The zero-order valence-corrected chi connectivity index (χ0v) is 12.7. The Bertz CT molecular complexity index is 606. The quantitative estimate of drug-likeness (QED) is 0.941. The maximum atomic E-state index is 12.2. The van der Waals surface area contributed by atoms with Crippen molar-refractivity contribution in [2.24, 2.45) is 0 Å². The molecule has 5 heteroatoms. The normalized spacial score (nSPS) is 12.2. The smallest absolute Gasteiger partial charge is 0.248 e. The molecule has 0 aliphatic heterocycles. The standard InChI is InChI=1S/C14H16BrN3O/c1-9-4-5-13(10(2)6-9)17-14(19)11(3)18-8-12(15)7-16-18/h4-8,11H,1-3H3,(H,17,19). The van der Waals surface area contributed by atoms with Crippen molar-refractivity contribution in [3.05, 3.63) is 46.2 Å². The molecule has 0 saturated heterocycles. The molecule has 1 amide bonds. The van der Waals surface area contributed by atoms with E-state index in [9.17, 15) is 4.79 Å². The van der Waals surface area contributed by atoms with E-state index in [1.54, 1.807) is 17.1 Å². The number of carbonyl (C=O) groups is 1. The first-order valence-electron chi connectivity index (χ1n) is 6.05. The van der Waals surface area contributed by atoms with Crippen molar-refractivity contribution >= 4 is 27.5 Å². The maximum absolute atomic E-state index is 12.2. The molecule has 1 heterocycles. The Kier molecular flexibility index (Phi) is 4.04. The number of amides is 1.